The number of carbonyl (C=O) groups excluding carboxylic acids is 1. The molecule has 2 aromatic carbocycles. The fourth-order valence-electron chi connectivity index (χ4n) is 4.79. The number of anilines is 1. The highest BCUT2D eigenvalue weighted by Gasteiger charge is 2.24. The molecule has 2 aliphatic heterocycles. The van der Waals surface area contributed by atoms with Gasteiger partial charge in [-0.15, -0.1) is 0 Å². The molecule has 194 valence electrons. The van der Waals surface area contributed by atoms with Gasteiger partial charge in [-0.3, -0.25) is 9.69 Å². The van der Waals surface area contributed by atoms with Crippen LogP contribution in [0.15, 0.2) is 48.7 Å². The maximum absolute atomic E-state index is 12.8. The minimum atomic E-state index is -0.508. The quantitative estimate of drug-likeness (QED) is 0.392. The molecule has 3 N–H and O–H groups in total. The van der Waals surface area contributed by atoms with Crippen molar-refractivity contribution in [2.24, 2.45) is 0 Å². The number of nitrogens with one attached hydrogen (secondary N) is 2. The summed E-state index contributed by atoms with van der Waals surface area (Å²) in [5.41, 5.74) is 4.65. The first-order valence-corrected chi connectivity index (χ1v) is 13.1. The average Bonchev–Trinajstić information content (AvgIpc) is 3.30. The molecule has 10 heteroatoms. The Labute approximate surface area is 226 Å². The first-order valence-electron chi connectivity index (χ1n) is 12.4. The van der Waals surface area contributed by atoms with E-state index in [0.29, 0.717) is 34.8 Å². The second-order valence-electron chi connectivity index (χ2n) is 9.41. The lowest BCUT2D eigenvalue weighted by molar-refractivity contribution is -0.123. The number of aromatic nitrogens is 2. The number of benzene rings is 2. The van der Waals surface area contributed by atoms with E-state index in [9.17, 15) is 9.90 Å². The number of aliphatic hydroxyl groups is 1. The Hall–Kier alpha value is -2.75. The predicted molar refractivity (Wildman–Crippen MR) is 143 cm³/mol. The molecule has 1 saturated heterocycles. The van der Waals surface area contributed by atoms with E-state index in [4.69, 9.17) is 32.9 Å². The van der Waals surface area contributed by atoms with Crippen molar-refractivity contribution in [2.45, 2.75) is 38.0 Å². The summed E-state index contributed by atoms with van der Waals surface area (Å²) in [4.78, 5) is 23.9. The number of amides is 1. The van der Waals surface area contributed by atoms with E-state index in [1.807, 2.05) is 12.1 Å². The van der Waals surface area contributed by atoms with E-state index in [-0.39, 0.29) is 25.1 Å². The van der Waals surface area contributed by atoms with Crippen molar-refractivity contribution in [3.05, 3.63) is 75.4 Å². The fourth-order valence-corrected chi connectivity index (χ4v) is 5.19. The molecule has 5 rings (SSSR count). The highest BCUT2D eigenvalue weighted by molar-refractivity contribution is 6.33. The van der Waals surface area contributed by atoms with Gasteiger partial charge in [-0.2, -0.15) is 0 Å². The van der Waals surface area contributed by atoms with Crippen molar-refractivity contribution >= 4 is 35.1 Å². The third kappa shape index (κ3) is 6.40. The molecule has 0 unspecified atom stereocenters. The Kier molecular flexibility index (Phi) is 8.22. The van der Waals surface area contributed by atoms with E-state index < -0.39 is 6.04 Å². The van der Waals surface area contributed by atoms with Crippen molar-refractivity contribution in [1.82, 2.24) is 20.2 Å². The molecule has 0 bridgehead atoms. The third-order valence-electron chi connectivity index (χ3n) is 6.70. The number of nitrogens with zero attached hydrogens (tertiary/aromatic N) is 3. The molecule has 0 saturated carbocycles. The summed E-state index contributed by atoms with van der Waals surface area (Å²) in [5, 5.41) is 17.1. The lowest BCUT2D eigenvalue weighted by atomic mass is 10.0. The molecule has 2 aliphatic rings. The molecular weight excluding hydrogens is 513 g/mol. The Morgan fingerprint density at radius 3 is 2.73 bits per heavy atom. The van der Waals surface area contributed by atoms with Crippen LogP contribution in [0.25, 0.3) is 11.3 Å². The van der Waals surface area contributed by atoms with Crippen molar-refractivity contribution < 1.29 is 14.6 Å². The molecule has 0 aliphatic carbocycles. The minimum absolute atomic E-state index is 0.158. The Morgan fingerprint density at radius 1 is 1.14 bits per heavy atom. The van der Waals surface area contributed by atoms with E-state index in [1.54, 1.807) is 24.4 Å². The van der Waals surface area contributed by atoms with Crippen molar-refractivity contribution in [3.8, 4) is 11.3 Å². The van der Waals surface area contributed by atoms with Gasteiger partial charge in [0.1, 0.15) is 0 Å². The molecule has 0 radical (unpaired) electrons. The third-order valence-corrected chi connectivity index (χ3v) is 7.21. The summed E-state index contributed by atoms with van der Waals surface area (Å²) in [5.74, 6) is 0.401. The topological polar surface area (TPSA) is 99.6 Å². The van der Waals surface area contributed by atoms with Crippen molar-refractivity contribution in [2.75, 3.05) is 31.7 Å². The molecule has 1 atom stereocenters. The number of hydrogen-bond acceptors (Lipinski definition) is 7. The molecule has 8 nitrogen and oxygen atoms in total. The van der Waals surface area contributed by atoms with Crippen LogP contribution in [0.4, 0.5) is 5.95 Å². The number of hydrogen-bond donors (Lipinski definition) is 3. The van der Waals surface area contributed by atoms with Gasteiger partial charge in [0.2, 0.25) is 11.9 Å². The van der Waals surface area contributed by atoms with Crippen molar-refractivity contribution in [1.29, 1.82) is 0 Å². The highest BCUT2D eigenvalue weighted by atomic mass is 35.5. The number of carbonyl (C=O) groups is 1. The number of halogens is 2. The maximum atomic E-state index is 12.8. The van der Waals surface area contributed by atoms with Gasteiger partial charge in [0.05, 0.1) is 36.1 Å². The number of fused-ring (bicyclic) bond motifs is 1. The van der Waals surface area contributed by atoms with Crippen molar-refractivity contribution in [3.63, 3.8) is 0 Å². The van der Waals surface area contributed by atoms with Gasteiger partial charge in [0.25, 0.3) is 0 Å². The van der Waals surface area contributed by atoms with E-state index in [2.05, 4.69) is 32.7 Å². The maximum Gasteiger partial charge on any atom is 0.234 e. The molecule has 1 fully saturated rings. The van der Waals surface area contributed by atoms with Crippen LogP contribution in [-0.4, -0.2) is 58.3 Å². The second-order valence-corrected chi connectivity index (χ2v) is 10.3. The summed E-state index contributed by atoms with van der Waals surface area (Å²) < 4.78 is 5.43. The van der Waals surface area contributed by atoms with Gasteiger partial charge in [-0.1, -0.05) is 47.5 Å². The lowest BCUT2D eigenvalue weighted by Gasteiger charge is -2.23. The first kappa shape index (κ1) is 25.9. The van der Waals surface area contributed by atoms with E-state index in [1.165, 1.54) is 0 Å². The summed E-state index contributed by atoms with van der Waals surface area (Å²) in [6.45, 7) is 2.78. The molecule has 37 heavy (non-hydrogen) atoms. The second kappa shape index (κ2) is 11.8. The largest absolute Gasteiger partial charge is 0.394 e. The number of ether oxygens (including phenoxy) is 1. The predicted octanol–water partition coefficient (Wildman–Crippen LogP) is 4.21. The smallest absolute Gasteiger partial charge is 0.234 e. The van der Waals surface area contributed by atoms with Crippen LogP contribution in [0.1, 0.15) is 35.6 Å². The Balaban J connectivity index is 1.23. The van der Waals surface area contributed by atoms with Crippen LogP contribution in [0, 0.1) is 0 Å². The van der Waals surface area contributed by atoms with Crippen LogP contribution in [0.5, 0.6) is 0 Å². The van der Waals surface area contributed by atoms with E-state index >= 15 is 0 Å². The lowest BCUT2D eigenvalue weighted by Crippen LogP contribution is -2.38. The minimum Gasteiger partial charge on any atom is -0.394 e. The van der Waals surface area contributed by atoms with Gasteiger partial charge < -0.3 is 20.5 Å². The number of rotatable bonds is 8. The summed E-state index contributed by atoms with van der Waals surface area (Å²) in [6.07, 6.45) is 3.47. The normalized spacial score (nSPS) is 16.8. The van der Waals surface area contributed by atoms with E-state index in [0.717, 1.165) is 48.3 Å². The first-order chi connectivity index (χ1) is 18.0. The zero-order chi connectivity index (χ0) is 25.8. The van der Waals surface area contributed by atoms with Gasteiger partial charge in [-0.05, 0) is 47.7 Å². The van der Waals surface area contributed by atoms with Crippen LogP contribution in [0.3, 0.4) is 0 Å². The van der Waals surface area contributed by atoms with Crippen LogP contribution in [0.2, 0.25) is 10.0 Å². The fraction of sp³-hybridized carbons (Fsp3) is 0.370. The van der Waals surface area contributed by atoms with Crippen LogP contribution < -0.4 is 10.6 Å². The van der Waals surface area contributed by atoms with Crippen LogP contribution >= 0.6 is 23.2 Å². The molecule has 0 spiro atoms. The summed E-state index contributed by atoms with van der Waals surface area (Å²) in [6, 6.07) is 13.1. The average molecular weight is 542 g/mol. The SMILES string of the molecule is O=C(CN1Cc2ccc(-c3nc(NC4CCOCC4)ncc3Cl)cc2C1)N[C@H](CO)c1cccc(Cl)c1. The van der Waals surface area contributed by atoms with Gasteiger partial charge >= 0.3 is 0 Å². The van der Waals surface area contributed by atoms with Gasteiger partial charge in [0.15, 0.2) is 0 Å². The molecule has 3 heterocycles. The molecular formula is C27H29Cl2N5O3. The monoisotopic (exact) mass is 541 g/mol. The molecule has 1 aromatic heterocycles. The zero-order valence-corrected chi connectivity index (χ0v) is 21.8. The Morgan fingerprint density at radius 2 is 1.95 bits per heavy atom. The summed E-state index contributed by atoms with van der Waals surface area (Å²) >= 11 is 12.5. The number of aliphatic hydroxyl groups excluding tert-OH is 1. The van der Waals surface area contributed by atoms with Gasteiger partial charge in [-0.25, -0.2) is 9.97 Å². The van der Waals surface area contributed by atoms with Gasteiger partial charge in [0, 0.05) is 42.9 Å². The highest BCUT2D eigenvalue weighted by Crippen LogP contribution is 2.31. The molecule has 1 amide bonds. The van der Waals surface area contributed by atoms with Crippen LogP contribution in [-0.2, 0) is 22.6 Å². The standard InChI is InChI=1S/C27H29Cl2N5O3/c28-21-3-1-2-17(11-21)24(16-35)32-25(36)15-34-13-19-5-4-18(10-20(19)14-34)26-23(29)12-30-27(33-26)31-22-6-8-37-9-7-22/h1-5,10-12,22,24,35H,6-9,13-16H2,(H,32,36)(H,30,31,33)/t24-/m1/s1. The molecule has 3 aromatic rings. The zero-order valence-electron chi connectivity index (χ0n) is 20.3. The Bertz CT molecular complexity index is 1270. The summed E-state index contributed by atoms with van der Waals surface area (Å²) in [7, 11) is 0.